The van der Waals surface area contributed by atoms with Crippen LogP contribution in [0.4, 0.5) is 0 Å². The maximum Gasteiger partial charge on any atom is 0.416 e. The SMILES string of the molecule is O=C(NC(C(=O)O)c1c[nH]c(=O)o1)c1ccccc1. The third-order valence-corrected chi connectivity index (χ3v) is 2.39. The van der Waals surface area contributed by atoms with Gasteiger partial charge in [0.25, 0.3) is 5.91 Å². The van der Waals surface area contributed by atoms with Gasteiger partial charge in [-0.2, -0.15) is 0 Å². The molecule has 1 atom stereocenters. The predicted molar refractivity (Wildman–Crippen MR) is 63.6 cm³/mol. The van der Waals surface area contributed by atoms with E-state index in [0.29, 0.717) is 5.56 Å². The summed E-state index contributed by atoms with van der Waals surface area (Å²) in [6.45, 7) is 0. The molecule has 19 heavy (non-hydrogen) atoms. The third-order valence-electron chi connectivity index (χ3n) is 2.39. The number of carbonyl (C=O) groups is 2. The summed E-state index contributed by atoms with van der Waals surface area (Å²) in [5.74, 6) is -2.85. The largest absolute Gasteiger partial charge is 0.479 e. The van der Waals surface area contributed by atoms with E-state index in [-0.39, 0.29) is 5.76 Å². The lowest BCUT2D eigenvalue weighted by Crippen LogP contribution is -2.33. The van der Waals surface area contributed by atoms with Gasteiger partial charge in [-0.3, -0.25) is 9.78 Å². The Balaban J connectivity index is 2.21. The number of carboxylic acid groups (broad SMARTS) is 1. The van der Waals surface area contributed by atoms with E-state index in [1.807, 2.05) is 0 Å². The van der Waals surface area contributed by atoms with Crippen molar-refractivity contribution in [2.45, 2.75) is 6.04 Å². The van der Waals surface area contributed by atoms with Crippen molar-refractivity contribution in [3.05, 3.63) is 58.4 Å². The van der Waals surface area contributed by atoms with Gasteiger partial charge in [0.15, 0.2) is 11.8 Å². The molecule has 2 aromatic rings. The molecule has 1 aromatic carbocycles. The lowest BCUT2D eigenvalue weighted by molar-refractivity contribution is -0.139. The highest BCUT2D eigenvalue weighted by molar-refractivity contribution is 5.96. The number of benzene rings is 1. The number of carboxylic acids is 1. The van der Waals surface area contributed by atoms with Crippen molar-refractivity contribution >= 4 is 11.9 Å². The lowest BCUT2D eigenvalue weighted by Gasteiger charge is -2.11. The Morgan fingerprint density at radius 3 is 2.47 bits per heavy atom. The van der Waals surface area contributed by atoms with E-state index in [0.717, 1.165) is 6.20 Å². The van der Waals surface area contributed by atoms with Crippen LogP contribution in [0.1, 0.15) is 22.2 Å². The fourth-order valence-corrected chi connectivity index (χ4v) is 1.50. The van der Waals surface area contributed by atoms with Gasteiger partial charge < -0.3 is 14.8 Å². The van der Waals surface area contributed by atoms with Gasteiger partial charge in [0.1, 0.15) is 0 Å². The number of rotatable bonds is 4. The second kappa shape index (κ2) is 5.21. The van der Waals surface area contributed by atoms with E-state index in [1.54, 1.807) is 30.3 Å². The highest BCUT2D eigenvalue weighted by Crippen LogP contribution is 2.11. The minimum atomic E-state index is -1.42. The van der Waals surface area contributed by atoms with Crippen LogP contribution in [0.3, 0.4) is 0 Å². The molecule has 0 aliphatic rings. The molecule has 7 nitrogen and oxygen atoms in total. The smallest absolute Gasteiger partial charge is 0.416 e. The first-order valence-electron chi connectivity index (χ1n) is 5.35. The number of aliphatic carboxylic acids is 1. The number of hydrogen-bond acceptors (Lipinski definition) is 4. The first-order chi connectivity index (χ1) is 9.08. The van der Waals surface area contributed by atoms with Crippen molar-refractivity contribution in [1.82, 2.24) is 10.3 Å². The molecule has 0 saturated carbocycles. The zero-order chi connectivity index (χ0) is 13.8. The Morgan fingerprint density at radius 2 is 1.95 bits per heavy atom. The van der Waals surface area contributed by atoms with Gasteiger partial charge in [-0.05, 0) is 12.1 Å². The molecule has 2 rings (SSSR count). The fraction of sp³-hybridized carbons (Fsp3) is 0.0833. The van der Waals surface area contributed by atoms with Crippen LogP contribution in [0.2, 0.25) is 0 Å². The number of carbonyl (C=O) groups excluding carboxylic acids is 1. The summed E-state index contributed by atoms with van der Waals surface area (Å²) in [4.78, 5) is 35.9. The van der Waals surface area contributed by atoms with E-state index in [2.05, 4.69) is 14.7 Å². The van der Waals surface area contributed by atoms with Crippen molar-refractivity contribution in [1.29, 1.82) is 0 Å². The second-order valence-corrected chi connectivity index (χ2v) is 3.69. The molecule has 0 fully saturated rings. The van der Waals surface area contributed by atoms with Gasteiger partial charge >= 0.3 is 11.7 Å². The van der Waals surface area contributed by atoms with Crippen LogP contribution in [0, 0.1) is 0 Å². The summed E-state index contributed by atoms with van der Waals surface area (Å²) in [7, 11) is 0. The van der Waals surface area contributed by atoms with Crippen LogP contribution in [-0.4, -0.2) is 22.0 Å². The summed E-state index contributed by atoms with van der Waals surface area (Å²) < 4.78 is 4.64. The van der Waals surface area contributed by atoms with Crippen LogP contribution in [0.15, 0.2) is 45.7 Å². The fourth-order valence-electron chi connectivity index (χ4n) is 1.50. The third kappa shape index (κ3) is 2.89. The lowest BCUT2D eigenvalue weighted by atomic mass is 10.2. The Morgan fingerprint density at radius 1 is 1.26 bits per heavy atom. The Labute approximate surface area is 106 Å². The summed E-state index contributed by atoms with van der Waals surface area (Å²) in [6.07, 6.45) is 1.10. The van der Waals surface area contributed by atoms with Gasteiger partial charge in [0, 0.05) is 11.8 Å². The van der Waals surface area contributed by atoms with Crippen LogP contribution in [0.5, 0.6) is 0 Å². The van der Waals surface area contributed by atoms with E-state index in [4.69, 9.17) is 5.11 Å². The van der Waals surface area contributed by atoms with Crippen molar-refractivity contribution in [3.63, 3.8) is 0 Å². The number of oxazole rings is 1. The van der Waals surface area contributed by atoms with Crippen LogP contribution in [0.25, 0.3) is 0 Å². The van der Waals surface area contributed by atoms with Crippen LogP contribution in [-0.2, 0) is 4.79 Å². The minimum Gasteiger partial charge on any atom is -0.479 e. The van der Waals surface area contributed by atoms with E-state index < -0.39 is 23.7 Å². The van der Waals surface area contributed by atoms with Gasteiger partial charge in [0.2, 0.25) is 0 Å². The summed E-state index contributed by atoms with van der Waals surface area (Å²) in [6, 6.07) is 6.70. The topological polar surface area (TPSA) is 112 Å². The molecule has 3 N–H and O–H groups in total. The first kappa shape index (κ1) is 12.6. The molecular formula is C12H10N2O5. The zero-order valence-corrected chi connectivity index (χ0v) is 9.62. The Hall–Kier alpha value is -2.83. The van der Waals surface area contributed by atoms with Gasteiger partial charge in [-0.25, -0.2) is 9.59 Å². The number of aromatic amines is 1. The monoisotopic (exact) mass is 262 g/mol. The summed E-state index contributed by atoms with van der Waals surface area (Å²) >= 11 is 0. The zero-order valence-electron chi connectivity index (χ0n) is 9.62. The van der Waals surface area contributed by atoms with Crippen molar-refractivity contribution in [3.8, 4) is 0 Å². The van der Waals surface area contributed by atoms with Crippen LogP contribution < -0.4 is 11.1 Å². The molecule has 0 spiro atoms. The highest BCUT2D eigenvalue weighted by Gasteiger charge is 2.26. The maximum absolute atomic E-state index is 11.8. The van der Waals surface area contributed by atoms with E-state index in [1.165, 1.54) is 0 Å². The highest BCUT2D eigenvalue weighted by atomic mass is 16.4. The molecule has 1 heterocycles. The molecule has 7 heteroatoms. The Kier molecular flexibility index (Phi) is 3.46. The summed E-state index contributed by atoms with van der Waals surface area (Å²) in [5, 5.41) is 11.3. The van der Waals surface area contributed by atoms with Gasteiger partial charge in [0.05, 0.1) is 0 Å². The van der Waals surface area contributed by atoms with Crippen LogP contribution >= 0.6 is 0 Å². The summed E-state index contributed by atoms with van der Waals surface area (Å²) in [5.41, 5.74) is 0.312. The van der Waals surface area contributed by atoms with E-state index in [9.17, 15) is 14.4 Å². The van der Waals surface area contributed by atoms with Crippen molar-refractivity contribution in [2.75, 3.05) is 0 Å². The Bertz CT molecular complexity index is 643. The second-order valence-electron chi connectivity index (χ2n) is 3.69. The molecule has 1 unspecified atom stereocenters. The molecule has 0 aliphatic carbocycles. The van der Waals surface area contributed by atoms with Crippen molar-refractivity contribution < 1.29 is 19.1 Å². The molecular weight excluding hydrogens is 252 g/mol. The van der Waals surface area contributed by atoms with Crippen molar-refractivity contribution in [2.24, 2.45) is 0 Å². The van der Waals surface area contributed by atoms with E-state index >= 15 is 0 Å². The molecule has 0 bridgehead atoms. The molecule has 0 radical (unpaired) electrons. The number of H-pyrrole nitrogens is 1. The molecule has 1 aromatic heterocycles. The molecule has 98 valence electrons. The molecule has 0 aliphatic heterocycles. The number of aromatic nitrogens is 1. The molecule has 0 saturated heterocycles. The first-order valence-corrected chi connectivity index (χ1v) is 5.35. The quantitative estimate of drug-likeness (QED) is 0.743. The standard InChI is InChI=1S/C12H10N2O5/c15-10(7-4-2-1-3-5-7)14-9(11(16)17)8-6-13-12(18)19-8/h1-6,9H,(H,13,18)(H,14,15)(H,16,17). The average Bonchev–Trinajstić information content (AvgIpc) is 2.82. The minimum absolute atomic E-state index is 0.165. The van der Waals surface area contributed by atoms with Gasteiger partial charge in [-0.1, -0.05) is 18.2 Å². The maximum atomic E-state index is 11.8. The molecule has 1 amide bonds. The number of amides is 1. The number of nitrogens with one attached hydrogen (secondary N) is 2. The average molecular weight is 262 g/mol. The van der Waals surface area contributed by atoms with Gasteiger partial charge in [-0.15, -0.1) is 0 Å². The predicted octanol–water partition coefficient (Wildman–Crippen LogP) is 0.524. The number of hydrogen-bond donors (Lipinski definition) is 3. The normalized spacial score (nSPS) is 11.8.